The van der Waals surface area contributed by atoms with Crippen molar-refractivity contribution in [2.45, 2.75) is 44.7 Å². The van der Waals surface area contributed by atoms with E-state index >= 15 is 0 Å². The lowest BCUT2D eigenvalue weighted by molar-refractivity contribution is 0.476. The molecule has 1 aliphatic carbocycles. The first kappa shape index (κ1) is 8.02. The van der Waals surface area contributed by atoms with Crippen molar-refractivity contribution < 1.29 is 0 Å². The van der Waals surface area contributed by atoms with Crippen molar-refractivity contribution in [3.8, 4) is 0 Å². The number of rotatable bonds is 3. The Morgan fingerprint density at radius 1 is 1.50 bits per heavy atom. The number of nitrogens with two attached hydrogens (primary N) is 1. The molecule has 0 saturated heterocycles. The Morgan fingerprint density at radius 2 is 2.30 bits per heavy atom. The van der Waals surface area contributed by atoms with Crippen molar-refractivity contribution in [2.24, 2.45) is 5.73 Å². The Balaban J connectivity index is 2.14. The second kappa shape index (κ2) is 3.94. The van der Waals surface area contributed by atoms with E-state index in [-0.39, 0.29) is 0 Å². The molecule has 0 unspecified atom stereocenters. The molecule has 0 bridgehead atoms. The van der Waals surface area contributed by atoms with Crippen molar-refractivity contribution in [1.82, 2.24) is 5.32 Å². The Hall–Kier alpha value is -0.0800. The lowest BCUT2D eigenvalue weighted by atomic mass is 10.2. The van der Waals surface area contributed by atoms with E-state index < -0.39 is 0 Å². The van der Waals surface area contributed by atoms with E-state index in [1.54, 1.807) is 0 Å². The van der Waals surface area contributed by atoms with Crippen molar-refractivity contribution in [3.05, 3.63) is 0 Å². The Bertz CT molecular complexity index is 93.3. The second-order valence-corrected chi connectivity index (χ2v) is 3.16. The van der Waals surface area contributed by atoms with Gasteiger partial charge in [0.15, 0.2) is 0 Å². The van der Waals surface area contributed by atoms with Crippen LogP contribution in [0.1, 0.15) is 32.6 Å². The van der Waals surface area contributed by atoms with E-state index in [1.807, 2.05) is 0 Å². The summed E-state index contributed by atoms with van der Waals surface area (Å²) >= 11 is 0. The standard InChI is InChI=1S/C8H18N2/c1-2-6-10-8-5-3-4-7(8)9/h7-8,10H,2-6,9H2,1H3/t7-,8+/m1/s1. The minimum atomic E-state index is 0.423. The van der Waals surface area contributed by atoms with Crippen LogP contribution in [-0.2, 0) is 0 Å². The highest BCUT2D eigenvalue weighted by Gasteiger charge is 2.22. The molecule has 1 saturated carbocycles. The molecule has 1 rings (SSSR count). The van der Waals surface area contributed by atoms with E-state index in [0.29, 0.717) is 12.1 Å². The summed E-state index contributed by atoms with van der Waals surface area (Å²) in [4.78, 5) is 0. The Labute approximate surface area is 63.2 Å². The zero-order chi connectivity index (χ0) is 7.40. The Kier molecular flexibility index (Phi) is 3.16. The van der Waals surface area contributed by atoms with E-state index in [2.05, 4.69) is 12.2 Å². The predicted octanol–water partition coefficient (Wildman–Crippen LogP) is 0.866. The zero-order valence-electron chi connectivity index (χ0n) is 6.77. The Morgan fingerprint density at radius 3 is 2.80 bits per heavy atom. The lowest BCUT2D eigenvalue weighted by Crippen LogP contribution is -2.41. The monoisotopic (exact) mass is 142 g/mol. The van der Waals surface area contributed by atoms with Crippen molar-refractivity contribution in [2.75, 3.05) is 6.54 Å². The smallest absolute Gasteiger partial charge is 0.0219 e. The van der Waals surface area contributed by atoms with Gasteiger partial charge in [-0.05, 0) is 25.8 Å². The van der Waals surface area contributed by atoms with Crippen LogP contribution in [0, 0.1) is 0 Å². The van der Waals surface area contributed by atoms with E-state index in [9.17, 15) is 0 Å². The maximum atomic E-state index is 5.86. The van der Waals surface area contributed by atoms with Crippen LogP contribution in [0.3, 0.4) is 0 Å². The minimum Gasteiger partial charge on any atom is -0.326 e. The molecule has 0 spiro atoms. The van der Waals surface area contributed by atoms with Gasteiger partial charge in [0.1, 0.15) is 0 Å². The molecule has 0 aromatic rings. The normalized spacial score (nSPS) is 33.0. The molecule has 0 aromatic carbocycles. The molecule has 1 fully saturated rings. The average Bonchev–Trinajstić information content (AvgIpc) is 2.31. The van der Waals surface area contributed by atoms with Crippen molar-refractivity contribution in [3.63, 3.8) is 0 Å². The van der Waals surface area contributed by atoms with E-state index in [4.69, 9.17) is 5.73 Å². The fourth-order valence-corrected chi connectivity index (χ4v) is 1.57. The number of hydrogen-bond donors (Lipinski definition) is 2. The van der Waals surface area contributed by atoms with Gasteiger partial charge in [-0.3, -0.25) is 0 Å². The van der Waals surface area contributed by atoms with Gasteiger partial charge >= 0.3 is 0 Å². The van der Waals surface area contributed by atoms with E-state index in [0.717, 1.165) is 6.54 Å². The predicted molar refractivity (Wildman–Crippen MR) is 43.9 cm³/mol. The molecular formula is C8H18N2. The van der Waals surface area contributed by atoms with Gasteiger partial charge in [-0.2, -0.15) is 0 Å². The highest BCUT2D eigenvalue weighted by molar-refractivity contribution is 4.85. The van der Waals surface area contributed by atoms with Crippen molar-refractivity contribution in [1.29, 1.82) is 0 Å². The highest BCUT2D eigenvalue weighted by atomic mass is 15.0. The summed E-state index contributed by atoms with van der Waals surface area (Å²) in [5, 5.41) is 3.46. The quantitative estimate of drug-likeness (QED) is 0.613. The zero-order valence-corrected chi connectivity index (χ0v) is 6.77. The first-order chi connectivity index (χ1) is 4.84. The van der Waals surface area contributed by atoms with Crippen LogP contribution >= 0.6 is 0 Å². The molecule has 0 radical (unpaired) electrons. The van der Waals surface area contributed by atoms with Gasteiger partial charge in [-0.15, -0.1) is 0 Å². The molecule has 10 heavy (non-hydrogen) atoms. The summed E-state index contributed by atoms with van der Waals surface area (Å²) in [6.45, 7) is 3.31. The van der Waals surface area contributed by atoms with Crippen LogP contribution in [0.2, 0.25) is 0 Å². The summed E-state index contributed by atoms with van der Waals surface area (Å²) in [7, 11) is 0. The van der Waals surface area contributed by atoms with Gasteiger partial charge in [0.2, 0.25) is 0 Å². The summed E-state index contributed by atoms with van der Waals surface area (Å²) < 4.78 is 0. The third-order valence-electron chi connectivity index (χ3n) is 2.23. The average molecular weight is 142 g/mol. The molecule has 60 valence electrons. The summed E-state index contributed by atoms with van der Waals surface area (Å²) in [5.74, 6) is 0. The maximum absolute atomic E-state index is 5.86. The van der Waals surface area contributed by atoms with Crippen LogP contribution in [0.4, 0.5) is 0 Å². The van der Waals surface area contributed by atoms with Gasteiger partial charge in [-0.25, -0.2) is 0 Å². The summed E-state index contributed by atoms with van der Waals surface area (Å²) in [5.41, 5.74) is 5.86. The molecule has 0 amide bonds. The largest absolute Gasteiger partial charge is 0.326 e. The number of nitrogens with one attached hydrogen (secondary N) is 1. The molecule has 0 heterocycles. The van der Waals surface area contributed by atoms with Gasteiger partial charge in [0, 0.05) is 12.1 Å². The highest BCUT2D eigenvalue weighted by Crippen LogP contribution is 2.16. The van der Waals surface area contributed by atoms with Gasteiger partial charge in [0.05, 0.1) is 0 Å². The molecule has 3 N–H and O–H groups in total. The molecule has 1 aliphatic rings. The molecule has 0 aromatic heterocycles. The number of hydrogen-bond acceptors (Lipinski definition) is 2. The third-order valence-corrected chi connectivity index (χ3v) is 2.23. The first-order valence-corrected chi connectivity index (χ1v) is 4.33. The third kappa shape index (κ3) is 1.96. The molecular weight excluding hydrogens is 124 g/mol. The van der Waals surface area contributed by atoms with E-state index in [1.165, 1.54) is 25.7 Å². The maximum Gasteiger partial charge on any atom is 0.0219 e. The lowest BCUT2D eigenvalue weighted by Gasteiger charge is -2.15. The molecule has 2 atom stereocenters. The molecule has 2 nitrogen and oxygen atoms in total. The fraction of sp³-hybridized carbons (Fsp3) is 1.00. The van der Waals surface area contributed by atoms with Crippen LogP contribution in [0.5, 0.6) is 0 Å². The topological polar surface area (TPSA) is 38.0 Å². The van der Waals surface area contributed by atoms with Crippen LogP contribution in [0.25, 0.3) is 0 Å². The van der Waals surface area contributed by atoms with Crippen LogP contribution in [-0.4, -0.2) is 18.6 Å². The minimum absolute atomic E-state index is 0.423. The summed E-state index contributed by atoms with van der Waals surface area (Å²) in [6.07, 6.45) is 5.01. The van der Waals surface area contributed by atoms with Crippen LogP contribution in [0.15, 0.2) is 0 Å². The van der Waals surface area contributed by atoms with Gasteiger partial charge < -0.3 is 11.1 Å². The van der Waals surface area contributed by atoms with Gasteiger partial charge in [-0.1, -0.05) is 13.3 Å². The van der Waals surface area contributed by atoms with Crippen molar-refractivity contribution >= 4 is 0 Å². The van der Waals surface area contributed by atoms with Gasteiger partial charge in [0.25, 0.3) is 0 Å². The second-order valence-electron chi connectivity index (χ2n) is 3.16. The first-order valence-electron chi connectivity index (χ1n) is 4.33. The van der Waals surface area contributed by atoms with Crippen LogP contribution < -0.4 is 11.1 Å². The fourth-order valence-electron chi connectivity index (χ4n) is 1.57. The SMILES string of the molecule is CCCN[C@H]1CCC[C@H]1N. The molecule has 0 aliphatic heterocycles. The molecule has 2 heteroatoms. The summed E-state index contributed by atoms with van der Waals surface area (Å²) in [6, 6.07) is 1.03.